The van der Waals surface area contributed by atoms with Gasteiger partial charge in [0.05, 0.1) is 12.7 Å². The molecule has 3 N–H and O–H groups in total. The number of hydrogen-bond donors (Lipinski definition) is 3. The van der Waals surface area contributed by atoms with Crippen molar-refractivity contribution in [1.29, 1.82) is 0 Å². The molecule has 8 nitrogen and oxygen atoms in total. The van der Waals surface area contributed by atoms with Crippen LogP contribution in [0, 0.1) is 11.8 Å². The number of nitrogens with one attached hydrogen (secondary N) is 1. The Morgan fingerprint density at radius 2 is 1.91 bits per heavy atom. The van der Waals surface area contributed by atoms with Crippen molar-refractivity contribution in [3.8, 4) is 0 Å². The van der Waals surface area contributed by atoms with E-state index >= 15 is 0 Å². The number of rotatable bonds is 2. The lowest BCUT2D eigenvalue weighted by molar-refractivity contribution is -0.338. The van der Waals surface area contributed by atoms with Gasteiger partial charge in [-0.1, -0.05) is 13.5 Å². The predicted octanol–water partition coefficient (Wildman–Crippen LogP) is -0.947. The van der Waals surface area contributed by atoms with E-state index in [4.69, 9.17) is 14.2 Å². The molecular formula is C15H21NO7. The van der Waals surface area contributed by atoms with Gasteiger partial charge in [-0.2, -0.15) is 0 Å². The average Bonchev–Trinajstić information content (AvgIpc) is 2.75. The molecule has 3 saturated heterocycles. The first-order chi connectivity index (χ1) is 10.8. The molecule has 0 aromatic carbocycles. The zero-order valence-electron chi connectivity index (χ0n) is 12.9. The van der Waals surface area contributed by atoms with E-state index in [-0.39, 0.29) is 26.2 Å². The third-order valence-corrected chi connectivity index (χ3v) is 4.92. The van der Waals surface area contributed by atoms with Crippen LogP contribution in [0.15, 0.2) is 12.2 Å². The molecule has 0 aliphatic carbocycles. The Morgan fingerprint density at radius 1 is 1.26 bits per heavy atom. The fraction of sp³-hybridized carbons (Fsp3) is 0.733. The van der Waals surface area contributed by atoms with Gasteiger partial charge < -0.3 is 24.4 Å². The standard InChI is InChI=1S/C15H21NO7/c1-7-5-23-15(20,8(7)2)14-12(19)13(21-6-22-14)9-3-10(17)16-11(18)4-9/h8-9,12-14,19-20H,1,3-6H2,2H3,(H,16,17,18)/t8-,12+,13-,14-,15?/m0/s1. The summed E-state index contributed by atoms with van der Waals surface area (Å²) in [6, 6.07) is 0. The number of piperidine rings is 1. The molecule has 128 valence electrons. The lowest BCUT2D eigenvalue weighted by Gasteiger charge is -2.45. The second kappa shape index (κ2) is 5.95. The number of hydrogen-bond acceptors (Lipinski definition) is 7. The maximum Gasteiger partial charge on any atom is 0.226 e. The molecule has 0 radical (unpaired) electrons. The molecule has 23 heavy (non-hydrogen) atoms. The highest BCUT2D eigenvalue weighted by molar-refractivity contribution is 5.97. The summed E-state index contributed by atoms with van der Waals surface area (Å²) < 4.78 is 16.2. The Labute approximate surface area is 133 Å². The summed E-state index contributed by atoms with van der Waals surface area (Å²) >= 11 is 0. The van der Waals surface area contributed by atoms with Gasteiger partial charge in [0.15, 0.2) is 0 Å². The fourth-order valence-electron chi connectivity index (χ4n) is 3.46. The van der Waals surface area contributed by atoms with Crippen LogP contribution in [0.1, 0.15) is 19.8 Å². The first-order valence-corrected chi connectivity index (χ1v) is 7.61. The number of aliphatic hydroxyl groups excluding tert-OH is 1. The van der Waals surface area contributed by atoms with Gasteiger partial charge in [-0.05, 0) is 5.57 Å². The molecule has 2 amide bonds. The van der Waals surface area contributed by atoms with E-state index in [0.717, 1.165) is 0 Å². The van der Waals surface area contributed by atoms with Gasteiger partial charge in [-0.25, -0.2) is 0 Å². The minimum atomic E-state index is -1.71. The maximum atomic E-state index is 11.5. The molecule has 3 fully saturated rings. The van der Waals surface area contributed by atoms with E-state index in [1.165, 1.54) is 0 Å². The second-order valence-electron chi connectivity index (χ2n) is 6.39. The molecule has 3 aliphatic heterocycles. The quantitative estimate of drug-likeness (QED) is 0.443. The number of imide groups is 1. The lowest BCUT2D eigenvalue weighted by atomic mass is 9.81. The number of ether oxygens (including phenoxy) is 3. The molecule has 5 atom stereocenters. The first kappa shape index (κ1) is 16.5. The highest BCUT2D eigenvalue weighted by Crippen LogP contribution is 2.41. The van der Waals surface area contributed by atoms with Crippen molar-refractivity contribution >= 4 is 11.8 Å². The summed E-state index contributed by atoms with van der Waals surface area (Å²) in [5, 5.41) is 23.6. The van der Waals surface area contributed by atoms with Gasteiger partial charge in [0.25, 0.3) is 0 Å². The van der Waals surface area contributed by atoms with Crippen molar-refractivity contribution in [1.82, 2.24) is 5.32 Å². The van der Waals surface area contributed by atoms with Gasteiger partial charge in [0, 0.05) is 24.7 Å². The van der Waals surface area contributed by atoms with Gasteiger partial charge >= 0.3 is 0 Å². The molecule has 3 aliphatic rings. The third kappa shape index (κ3) is 2.81. The van der Waals surface area contributed by atoms with Crippen LogP contribution in [-0.4, -0.2) is 59.5 Å². The van der Waals surface area contributed by atoms with Crippen molar-refractivity contribution in [3.05, 3.63) is 12.2 Å². The molecule has 3 rings (SSSR count). The highest BCUT2D eigenvalue weighted by Gasteiger charge is 2.56. The Balaban J connectivity index is 1.78. The van der Waals surface area contributed by atoms with Gasteiger partial charge in [0.2, 0.25) is 17.6 Å². The van der Waals surface area contributed by atoms with Crippen LogP contribution in [0.2, 0.25) is 0 Å². The van der Waals surface area contributed by atoms with E-state index < -0.39 is 47.7 Å². The van der Waals surface area contributed by atoms with Crippen LogP contribution < -0.4 is 5.32 Å². The molecular weight excluding hydrogens is 306 g/mol. The minimum absolute atomic E-state index is 0.0712. The minimum Gasteiger partial charge on any atom is -0.387 e. The van der Waals surface area contributed by atoms with Crippen LogP contribution in [-0.2, 0) is 23.8 Å². The monoisotopic (exact) mass is 327 g/mol. The lowest BCUT2D eigenvalue weighted by Crippen LogP contribution is -2.62. The van der Waals surface area contributed by atoms with E-state index in [9.17, 15) is 19.8 Å². The molecule has 0 aromatic rings. The predicted molar refractivity (Wildman–Crippen MR) is 75.7 cm³/mol. The Bertz CT molecular complexity index is 520. The first-order valence-electron chi connectivity index (χ1n) is 7.61. The van der Waals surface area contributed by atoms with Crippen molar-refractivity contribution < 1.29 is 34.0 Å². The van der Waals surface area contributed by atoms with Gasteiger partial charge in [0.1, 0.15) is 19.0 Å². The van der Waals surface area contributed by atoms with Gasteiger partial charge in [-0.15, -0.1) is 0 Å². The Morgan fingerprint density at radius 3 is 2.48 bits per heavy atom. The van der Waals surface area contributed by atoms with Crippen LogP contribution >= 0.6 is 0 Å². The van der Waals surface area contributed by atoms with Crippen LogP contribution in [0.3, 0.4) is 0 Å². The number of carbonyl (C=O) groups excluding carboxylic acids is 2. The third-order valence-electron chi connectivity index (χ3n) is 4.92. The summed E-state index contributed by atoms with van der Waals surface area (Å²) in [5.41, 5.74) is 0.707. The van der Waals surface area contributed by atoms with Crippen molar-refractivity contribution in [3.63, 3.8) is 0 Å². The van der Waals surface area contributed by atoms with E-state index in [1.807, 2.05) is 0 Å². The topological polar surface area (TPSA) is 114 Å². The normalized spacial score (nSPS) is 42.8. The van der Waals surface area contributed by atoms with Crippen LogP contribution in [0.4, 0.5) is 0 Å². The summed E-state index contributed by atoms with van der Waals surface area (Å²) in [6.07, 6.45) is -2.93. The van der Waals surface area contributed by atoms with Crippen LogP contribution in [0.25, 0.3) is 0 Å². The zero-order valence-corrected chi connectivity index (χ0v) is 12.9. The molecule has 0 bridgehead atoms. The molecule has 0 spiro atoms. The molecule has 0 aromatic heterocycles. The molecule has 1 unspecified atom stereocenters. The molecule has 3 heterocycles. The Hall–Kier alpha value is -1.32. The van der Waals surface area contributed by atoms with E-state index in [0.29, 0.717) is 5.57 Å². The molecule has 0 saturated carbocycles. The average molecular weight is 327 g/mol. The molecule has 8 heteroatoms. The summed E-state index contributed by atoms with van der Waals surface area (Å²) in [6.45, 7) is 5.59. The second-order valence-corrected chi connectivity index (χ2v) is 6.39. The summed E-state index contributed by atoms with van der Waals surface area (Å²) in [4.78, 5) is 23.1. The number of carbonyl (C=O) groups is 2. The Kier molecular flexibility index (Phi) is 4.28. The highest BCUT2D eigenvalue weighted by atomic mass is 16.7. The largest absolute Gasteiger partial charge is 0.387 e. The SMILES string of the molecule is C=C1COC(O)([C@H]2OCO[C@@H](C3CC(=O)NC(=O)C3)[C@H]2O)[C@H]1C. The van der Waals surface area contributed by atoms with Crippen molar-refractivity contribution in [2.75, 3.05) is 13.4 Å². The number of amides is 2. The van der Waals surface area contributed by atoms with Gasteiger partial charge in [-0.3, -0.25) is 14.9 Å². The zero-order chi connectivity index (χ0) is 16.8. The van der Waals surface area contributed by atoms with E-state index in [1.54, 1.807) is 6.92 Å². The maximum absolute atomic E-state index is 11.5. The summed E-state index contributed by atoms with van der Waals surface area (Å²) in [7, 11) is 0. The van der Waals surface area contributed by atoms with Crippen molar-refractivity contribution in [2.45, 2.75) is 43.9 Å². The number of aliphatic hydroxyl groups is 2. The van der Waals surface area contributed by atoms with Crippen LogP contribution in [0.5, 0.6) is 0 Å². The van der Waals surface area contributed by atoms with Crippen molar-refractivity contribution in [2.24, 2.45) is 11.8 Å². The van der Waals surface area contributed by atoms with E-state index in [2.05, 4.69) is 11.9 Å². The summed E-state index contributed by atoms with van der Waals surface area (Å²) in [5.74, 6) is -3.40. The smallest absolute Gasteiger partial charge is 0.226 e. The fourth-order valence-corrected chi connectivity index (χ4v) is 3.46.